The van der Waals surface area contributed by atoms with E-state index < -0.39 is 0 Å². The van der Waals surface area contributed by atoms with E-state index in [0.717, 1.165) is 6.42 Å². The Morgan fingerprint density at radius 1 is 1.50 bits per heavy atom. The second-order valence-corrected chi connectivity index (χ2v) is 5.86. The molecule has 1 aromatic rings. The van der Waals surface area contributed by atoms with Gasteiger partial charge >= 0.3 is 0 Å². The summed E-state index contributed by atoms with van der Waals surface area (Å²) in [6, 6.07) is 4.80. The summed E-state index contributed by atoms with van der Waals surface area (Å²) in [7, 11) is 1.64. The number of carbonyl (C=O) groups is 1. The molecule has 1 aromatic carbocycles. The number of methoxy groups -OCH3 is 1. The molecule has 0 saturated heterocycles. The third-order valence-electron chi connectivity index (χ3n) is 2.27. The number of rotatable bonds is 6. The normalized spacial score (nSPS) is 12.2. The number of halogens is 3. The first kappa shape index (κ1) is 15.8. The number of alkyl halides is 1. The average Bonchev–Trinajstić information content (AvgIpc) is 2.29. The standard InChI is InChI=1S/C12H14BrCl2NO2/c1-18-7-8(13)4-5-16-12(17)10-3-2-9(14)6-11(10)15/h2-3,6,8H,4-5,7H2,1H3,(H,16,17). The summed E-state index contributed by atoms with van der Waals surface area (Å²) in [6.07, 6.45) is 0.783. The fraction of sp³-hybridized carbons (Fsp3) is 0.417. The minimum Gasteiger partial charge on any atom is -0.384 e. The second-order valence-electron chi connectivity index (χ2n) is 3.72. The van der Waals surface area contributed by atoms with Crippen molar-refractivity contribution < 1.29 is 9.53 Å². The van der Waals surface area contributed by atoms with Crippen LogP contribution >= 0.6 is 39.1 Å². The van der Waals surface area contributed by atoms with Crippen LogP contribution in [0.2, 0.25) is 10.0 Å². The van der Waals surface area contributed by atoms with Crippen LogP contribution in [-0.2, 0) is 4.74 Å². The summed E-state index contributed by atoms with van der Waals surface area (Å²) in [5.74, 6) is -0.200. The number of hydrogen-bond donors (Lipinski definition) is 1. The van der Waals surface area contributed by atoms with Gasteiger partial charge in [-0.15, -0.1) is 0 Å². The number of carbonyl (C=O) groups excluding carboxylic acids is 1. The minimum absolute atomic E-state index is 0.200. The van der Waals surface area contributed by atoms with Crippen molar-refractivity contribution in [1.29, 1.82) is 0 Å². The zero-order chi connectivity index (χ0) is 13.5. The van der Waals surface area contributed by atoms with Crippen LogP contribution in [0.4, 0.5) is 0 Å². The highest BCUT2D eigenvalue weighted by Gasteiger charge is 2.11. The third kappa shape index (κ3) is 5.14. The molecule has 0 aliphatic carbocycles. The van der Waals surface area contributed by atoms with Gasteiger partial charge in [0.25, 0.3) is 5.91 Å². The molecule has 3 nitrogen and oxygen atoms in total. The van der Waals surface area contributed by atoms with Gasteiger partial charge in [-0.3, -0.25) is 4.79 Å². The van der Waals surface area contributed by atoms with Gasteiger partial charge in [0, 0.05) is 23.5 Å². The van der Waals surface area contributed by atoms with Crippen LogP contribution in [0, 0.1) is 0 Å². The first-order valence-electron chi connectivity index (χ1n) is 5.41. The summed E-state index contributed by atoms with van der Waals surface area (Å²) in [4.78, 5) is 12.1. The lowest BCUT2D eigenvalue weighted by Gasteiger charge is -2.10. The number of ether oxygens (including phenoxy) is 1. The lowest BCUT2D eigenvalue weighted by Crippen LogP contribution is -2.27. The highest BCUT2D eigenvalue weighted by Crippen LogP contribution is 2.20. The van der Waals surface area contributed by atoms with Crippen molar-refractivity contribution in [3.05, 3.63) is 33.8 Å². The largest absolute Gasteiger partial charge is 0.384 e. The van der Waals surface area contributed by atoms with Crippen molar-refractivity contribution in [3.63, 3.8) is 0 Å². The van der Waals surface area contributed by atoms with E-state index in [1.807, 2.05) is 0 Å². The van der Waals surface area contributed by atoms with E-state index in [1.165, 1.54) is 0 Å². The monoisotopic (exact) mass is 353 g/mol. The Morgan fingerprint density at radius 2 is 2.22 bits per heavy atom. The topological polar surface area (TPSA) is 38.3 Å². The van der Waals surface area contributed by atoms with Crippen LogP contribution in [0.1, 0.15) is 16.8 Å². The summed E-state index contributed by atoms with van der Waals surface area (Å²) >= 11 is 15.2. The van der Waals surface area contributed by atoms with Gasteiger partial charge in [0.2, 0.25) is 0 Å². The van der Waals surface area contributed by atoms with Crippen molar-refractivity contribution >= 4 is 45.0 Å². The molecule has 0 aromatic heterocycles. The minimum atomic E-state index is -0.200. The molecule has 0 fully saturated rings. The maximum absolute atomic E-state index is 11.8. The molecule has 0 bridgehead atoms. The number of amides is 1. The van der Waals surface area contributed by atoms with E-state index in [0.29, 0.717) is 28.8 Å². The van der Waals surface area contributed by atoms with E-state index >= 15 is 0 Å². The zero-order valence-electron chi connectivity index (χ0n) is 9.88. The molecule has 0 aliphatic heterocycles. The maximum atomic E-state index is 11.8. The maximum Gasteiger partial charge on any atom is 0.252 e. The smallest absolute Gasteiger partial charge is 0.252 e. The first-order valence-corrected chi connectivity index (χ1v) is 7.08. The highest BCUT2D eigenvalue weighted by atomic mass is 79.9. The van der Waals surface area contributed by atoms with Gasteiger partial charge in [0.15, 0.2) is 0 Å². The third-order valence-corrected chi connectivity index (χ3v) is 3.54. The summed E-state index contributed by atoms with van der Waals surface area (Å²) < 4.78 is 4.98. The molecular formula is C12H14BrCl2NO2. The quantitative estimate of drug-likeness (QED) is 0.793. The molecule has 0 radical (unpaired) electrons. The Hall–Kier alpha value is -0.290. The molecule has 0 aliphatic rings. The fourth-order valence-electron chi connectivity index (χ4n) is 1.38. The van der Waals surface area contributed by atoms with Gasteiger partial charge in [0.05, 0.1) is 17.2 Å². The van der Waals surface area contributed by atoms with Crippen LogP contribution in [-0.4, -0.2) is 31.0 Å². The van der Waals surface area contributed by atoms with Crippen molar-refractivity contribution in [2.45, 2.75) is 11.2 Å². The van der Waals surface area contributed by atoms with Crippen molar-refractivity contribution in [2.24, 2.45) is 0 Å². The molecule has 1 amide bonds. The van der Waals surface area contributed by atoms with Gasteiger partial charge in [0.1, 0.15) is 0 Å². The predicted molar refractivity (Wildman–Crippen MR) is 78.0 cm³/mol. The van der Waals surface area contributed by atoms with E-state index in [2.05, 4.69) is 21.2 Å². The summed E-state index contributed by atoms with van der Waals surface area (Å²) in [6.45, 7) is 1.16. The predicted octanol–water partition coefficient (Wildman–Crippen LogP) is 3.52. The first-order chi connectivity index (χ1) is 8.54. The van der Waals surface area contributed by atoms with Gasteiger partial charge in [-0.25, -0.2) is 0 Å². The van der Waals surface area contributed by atoms with Crippen molar-refractivity contribution in [1.82, 2.24) is 5.32 Å². The average molecular weight is 355 g/mol. The Balaban J connectivity index is 2.45. The molecule has 1 unspecified atom stereocenters. The zero-order valence-corrected chi connectivity index (χ0v) is 13.0. The molecule has 0 spiro atoms. The van der Waals surface area contributed by atoms with Crippen LogP contribution in [0.15, 0.2) is 18.2 Å². The lowest BCUT2D eigenvalue weighted by atomic mass is 10.2. The van der Waals surface area contributed by atoms with E-state index in [9.17, 15) is 4.79 Å². The molecule has 0 saturated carbocycles. The number of benzene rings is 1. The van der Waals surface area contributed by atoms with Crippen molar-refractivity contribution in [2.75, 3.05) is 20.3 Å². The molecule has 18 heavy (non-hydrogen) atoms. The van der Waals surface area contributed by atoms with Gasteiger partial charge in [-0.2, -0.15) is 0 Å². The van der Waals surface area contributed by atoms with Crippen LogP contribution < -0.4 is 5.32 Å². The molecule has 6 heteroatoms. The molecule has 1 rings (SSSR count). The molecule has 1 N–H and O–H groups in total. The summed E-state index contributed by atoms with van der Waals surface area (Å²) in [5, 5.41) is 3.66. The molecule has 100 valence electrons. The second kappa shape index (κ2) is 8.00. The van der Waals surface area contributed by atoms with Crippen LogP contribution in [0.5, 0.6) is 0 Å². The highest BCUT2D eigenvalue weighted by molar-refractivity contribution is 9.09. The SMILES string of the molecule is COCC(Br)CCNC(=O)c1ccc(Cl)cc1Cl. The molecular weight excluding hydrogens is 341 g/mol. The van der Waals surface area contributed by atoms with Crippen molar-refractivity contribution in [3.8, 4) is 0 Å². The van der Waals surface area contributed by atoms with Crippen LogP contribution in [0.3, 0.4) is 0 Å². The van der Waals surface area contributed by atoms with Gasteiger partial charge in [-0.1, -0.05) is 39.1 Å². The Kier molecular flexibility index (Phi) is 7.00. The van der Waals surface area contributed by atoms with E-state index in [1.54, 1.807) is 25.3 Å². The Labute approximate surface area is 125 Å². The van der Waals surface area contributed by atoms with Gasteiger partial charge in [-0.05, 0) is 24.6 Å². The Morgan fingerprint density at radius 3 is 2.83 bits per heavy atom. The molecule has 1 atom stereocenters. The van der Waals surface area contributed by atoms with Crippen LogP contribution in [0.25, 0.3) is 0 Å². The van der Waals surface area contributed by atoms with Gasteiger partial charge < -0.3 is 10.1 Å². The number of nitrogens with one attached hydrogen (secondary N) is 1. The Bertz CT molecular complexity index is 415. The van der Waals surface area contributed by atoms with E-state index in [4.69, 9.17) is 27.9 Å². The van der Waals surface area contributed by atoms with E-state index in [-0.39, 0.29) is 10.7 Å². The number of hydrogen-bond acceptors (Lipinski definition) is 2. The fourth-order valence-corrected chi connectivity index (χ4v) is 2.36. The molecule has 0 heterocycles. The summed E-state index contributed by atoms with van der Waals surface area (Å²) in [5.41, 5.74) is 0.430. The lowest BCUT2D eigenvalue weighted by molar-refractivity contribution is 0.0952.